The predicted molar refractivity (Wildman–Crippen MR) is 45.4 cm³/mol. The molecule has 0 fully saturated rings. The molecule has 1 aromatic rings. The van der Waals surface area contributed by atoms with Crippen molar-refractivity contribution < 1.29 is 10.0 Å². The fourth-order valence-electron chi connectivity index (χ4n) is 1.87. The van der Waals surface area contributed by atoms with Gasteiger partial charge in [-0.2, -0.15) is 0 Å². The van der Waals surface area contributed by atoms with E-state index in [-0.39, 0.29) is 5.69 Å². The number of nitro groups is 1. The van der Waals surface area contributed by atoms with Crippen molar-refractivity contribution in [3.05, 3.63) is 27.6 Å². The van der Waals surface area contributed by atoms with E-state index in [4.69, 9.17) is 0 Å². The van der Waals surface area contributed by atoms with Crippen molar-refractivity contribution in [2.45, 2.75) is 26.0 Å². The summed E-state index contributed by atoms with van der Waals surface area (Å²) in [5.41, 5.74) is 1.40. The lowest BCUT2D eigenvalue weighted by molar-refractivity contribution is -0.385. The molecule has 13 heavy (non-hydrogen) atoms. The molecule has 0 saturated heterocycles. The minimum absolute atomic E-state index is 0.105. The predicted octanol–water partition coefficient (Wildman–Crippen LogP) is 1.14. The maximum atomic E-state index is 10.5. The molecule has 5 nitrogen and oxygen atoms in total. The molecule has 0 spiro atoms. The van der Waals surface area contributed by atoms with Crippen LogP contribution < -0.4 is 0 Å². The molecule has 0 aliphatic carbocycles. The second-order valence-electron chi connectivity index (χ2n) is 3.28. The minimum Gasteiger partial charge on any atom is -0.387 e. The fraction of sp³-hybridized carbons (Fsp3) is 0.500. The molecule has 1 aliphatic rings. The van der Waals surface area contributed by atoms with Crippen LogP contribution in [0.1, 0.15) is 23.8 Å². The maximum absolute atomic E-state index is 10.5. The van der Waals surface area contributed by atoms with E-state index in [0.717, 1.165) is 0 Å². The highest BCUT2D eigenvalue weighted by Crippen LogP contribution is 2.34. The molecular formula is C8H10N2O3. The summed E-state index contributed by atoms with van der Waals surface area (Å²) in [6.45, 7) is 2.35. The summed E-state index contributed by atoms with van der Waals surface area (Å²) in [4.78, 5) is 10.1. The molecule has 0 radical (unpaired) electrons. The third kappa shape index (κ3) is 1.04. The molecule has 0 aromatic carbocycles. The van der Waals surface area contributed by atoms with Gasteiger partial charge in [0.1, 0.15) is 0 Å². The van der Waals surface area contributed by atoms with Crippen LogP contribution in [-0.4, -0.2) is 14.6 Å². The normalized spacial score (nSPS) is 20.3. The molecule has 0 saturated carbocycles. The van der Waals surface area contributed by atoms with E-state index in [2.05, 4.69) is 0 Å². The van der Waals surface area contributed by atoms with Gasteiger partial charge < -0.3 is 9.67 Å². The quantitative estimate of drug-likeness (QED) is 0.523. The Morgan fingerprint density at radius 2 is 2.46 bits per heavy atom. The highest BCUT2D eigenvalue weighted by molar-refractivity contribution is 5.44. The summed E-state index contributed by atoms with van der Waals surface area (Å²) < 4.78 is 1.76. The Balaban J connectivity index is 2.56. The lowest BCUT2D eigenvalue weighted by Crippen LogP contribution is -1.94. The molecule has 70 valence electrons. The molecule has 1 atom stereocenters. The molecule has 2 rings (SSSR count). The number of aromatic nitrogens is 1. The zero-order valence-corrected chi connectivity index (χ0v) is 7.23. The van der Waals surface area contributed by atoms with Crippen LogP contribution in [0, 0.1) is 17.0 Å². The maximum Gasteiger partial charge on any atom is 0.290 e. The SMILES string of the molecule is Cc1c([N+](=O)[O-])cn2c1C(O)CC2. The number of hydrogen-bond acceptors (Lipinski definition) is 3. The number of aliphatic hydroxyl groups is 1. The van der Waals surface area contributed by atoms with Gasteiger partial charge in [0.25, 0.3) is 5.69 Å². The Morgan fingerprint density at radius 1 is 1.77 bits per heavy atom. The first-order valence-electron chi connectivity index (χ1n) is 4.13. The standard InChI is InChI=1S/C8H10N2O3/c1-5-6(10(12)13)4-9-3-2-7(11)8(5)9/h4,7,11H,2-3H2,1H3. The van der Waals surface area contributed by atoms with Crippen molar-refractivity contribution in [2.75, 3.05) is 0 Å². The lowest BCUT2D eigenvalue weighted by atomic mass is 10.1. The second kappa shape index (κ2) is 2.56. The van der Waals surface area contributed by atoms with Gasteiger partial charge in [-0.15, -0.1) is 0 Å². The summed E-state index contributed by atoms with van der Waals surface area (Å²) in [7, 11) is 0. The van der Waals surface area contributed by atoms with Gasteiger partial charge in [-0.05, 0) is 13.3 Å². The Hall–Kier alpha value is -1.36. The number of aryl methyl sites for hydroxylation is 1. The fourth-order valence-corrected chi connectivity index (χ4v) is 1.87. The monoisotopic (exact) mass is 182 g/mol. The summed E-state index contributed by atoms with van der Waals surface area (Å²) in [6.07, 6.45) is 1.63. The van der Waals surface area contributed by atoms with Crippen molar-refractivity contribution in [3.63, 3.8) is 0 Å². The Morgan fingerprint density at radius 3 is 3.00 bits per heavy atom. The molecule has 1 unspecified atom stereocenters. The number of nitrogens with zero attached hydrogens (tertiary/aromatic N) is 2. The molecule has 5 heteroatoms. The van der Waals surface area contributed by atoms with Gasteiger partial charge in [-0.1, -0.05) is 0 Å². The largest absolute Gasteiger partial charge is 0.387 e. The average Bonchev–Trinajstić information content (AvgIpc) is 2.55. The zero-order valence-electron chi connectivity index (χ0n) is 7.23. The third-order valence-corrected chi connectivity index (χ3v) is 2.51. The third-order valence-electron chi connectivity index (χ3n) is 2.51. The highest BCUT2D eigenvalue weighted by atomic mass is 16.6. The first kappa shape index (κ1) is 8.25. The van der Waals surface area contributed by atoms with Gasteiger partial charge >= 0.3 is 0 Å². The molecule has 1 aromatic heterocycles. The summed E-state index contributed by atoms with van der Waals surface area (Å²) in [5.74, 6) is 0. The number of aliphatic hydroxyl groups excluding tert-OH is 1. The van der Waals surface area contributed by atoms with Crippen LogP contribution in [0.5, 0.6) is 0 Å². The first-order valence-corrected chi connectivity index (χ1v) is 4.13. The van der Waals surface area contributed by atoms with E-state index < -0.39 is 11.0 Å². The minimum atomic E-state index is -0.534. The van der Waals surface area contributed by atoms with Gasteiger partial charge in [-0.25, -0.2) is 0 Å². The number of hydrogen-bond donors (Lipinski definition) is 1. The van der Waals surface area contributed by atoms with Gasteiger partial charge in [-0.3, -0.25) is 10.1 Å². The Kier molecular flexibility index (Phi) is 1.63. The van der Waals surface area contributed by atoms with E-state index >= 15 is 0 Å². The van der Waals surface area contributed by atoms with Crippen molar-refractivity contribution in [3.8, 4) is 0 Å². The summed E-state index contributed by atoms with van der Waals surface area (Å²) in [5, 5.41) is 20.1. The zero-order chi connectivity index (χ0) is 9.59. The lowest BCUT2D eigenvalue weighted by Gasteiger charge is -2.00. The molecule has 1 N–H and O–H groups in total. The highest BCUT2D eigenvalue weighted by Gasteiger charge is 2.29. The van der Waals surface area contributed by atoms with Crippen LogP contribution in [-0.2, 0) is 6.54 Å². The van der Waals surface area contributed by atoms with Crippen molar-refractivity contribution >= 4 is 5.69 Å². The van der Waals surface area contributed by atoms with Gasteiger partial charge in [0.2, 0.25) is 0 Å². The van der Waals surface area contributed by atoms with Crippen molar-refractivity contribution in [1.29, 1.82) is 0 Å². The molecule has 0 amide bonds. The number of rotatable bonds is 1. The van der Waals surface area contributed by atoms with Crippen LogP contribution in [0.4, 0.5) is 5.69 Å². The van der Waals surface area contributed by atoms with Gasteiger partial charge in [0.05, 0.1) is 28.5 Å². The molecule has 0 bridgehead atoms. The summed E-state index contributed by atoms with van der Waals surface area (Å²) >= 11 is 0. The van der Waals surface area contributed by atoms with Gasteiger partial charge in [0, 0.05) is 6.54 Å². The van der Waals surface area contributed by atoms with Crippen LogP contribution in [0.2, 0.25) is 0 Å². The molecular weight excluding hydrogens is 172 g/mol. The van der Waals surface area contributed by atoms with Crippen LogP contribution in [0.15, 0.2) is 6.20 Å². The van der Waals surface area contributed by atoms with Crippen LogP contribution in [0.3, 0.4) is 0 Å². The van der Waals surface area contributed by atoms with Crippen molar-refractivity contribution in [2.24, 2.45) is 0 Å². The van der Waals surface area contributed by atoms with E-state index in [1.54, 1.807) is 11.5 Å². The van der Waals surface area contributed by atoms with E-state index in [1.165, 1.54) is 6.20 Å². The van der Waals surface area contributed by atoms with Crippen LogP contribution >= 0.6 is 0 Å². The van der Waals surface area contributed by atoms with Crippen molar-refractivity contribution in [1.82, 2.24) is 4.57 Å². The van der Waals surface area contributed by atoms with Crippen LogP contribution in [0.25, 0.3) is 0 Å². The Labute approximate surface area is 74.8 Å². The number of fused-ring (bicyclic) bond motifs is 1. The topological polar surface area (TPSA) is 68.3 Å². The smallest absolute Gasteiger partial charge is 0.290 e. The molecule has 2 heterocycles. The summed E-state index contributed by atoms with van der Waals surface area (Å²) in [6, 6.07) is 0. The molecule has 1 aliphatic heterocycles. The average molecular weight is 182 g/mol. The first-order chi connectivity index (χ1) is 6.11. The second-order valence-corrected chi connectivity index (χ2v) is 3.28. The van der Waals surface area contributed by atoms with E-state index in [0.29, 0.717) is 24.2 Å². The Bertz CT molecular complexity index is 370. The van der Waals surface area contributed by atoms with E-state index in [1.807, 2.05) is 0 Å². The van der Waals surface area contributed by atoms with Gasteiger partial charge in [0.15, 0.2) is 0 Å². The van der Waals surface area contributed by atoms with E-state index in [9.17, 15) is 15.2 Å².